The Morgan fingerprint density at radius 1 is 1.06 bits per heavy atom. The third-order valence-electron chi connectivity index (χ3n) is 5.76. The highest BCUT2D eigenvalue weighted by Gasteiger charge is 2.34. The molecule has 0 saturated carbocycles. The molecule has 0 spiro atoms. The molecule has 0 bridgehead atoms. The van der Waals surface area contributed by atoms with Gasteiger partial charge in [0.25, 0.3) is 0 Å². The molecule has 1 unspecified atom stereocenters. The molecule has 1 aliphatic heterocycles. The largest absolute Gasteiger partial charge is 0.333 e. The Labute approximate surface area is 194 Å². The first-order valence-corrected chi connectivity index (χ1v) is 11.5. The van der Waals surface area contributed by atoms with Crippen LogP contribution in [0.5, 0.6) is 0 Å². The van der Waals surface area contributed by atoms with E-state index < -0.39 is 0 Å². The van der Waals surface area contributed by atoms with Gasteiger partial charge in [-0.1, -0.05) is 62.2 Å². The molecule has 1 aliphatic rings. The van der Waals surface area contributed by atoms with Crippen LogP contribution in [-0.2, 0) is 14.4 Å². The van der Waals surface area contributed by atoms with Crippen molar-refractivity contribution >= 4 is 35.0 Å². The molecule has 3 rings (SSSR count). The van der Waals surface area contributed by atoms with Crippen molar-refractivity contribution in [3.63, 3.8) is 0 Å². The van der Waals surface area contributed by atoms with Crippen LogP contribution in [0.3, 0.4) is 0 Å². The molecule has 0 N–H and O–H groups in total. The second-order valence-electron chi connectivity index (χ2n) is 8.02. The van der Waals surface area contributed by atoms with Gasteiger partial charge in [0.2, 0.25) is 17.7 Å². The van der Waals surface area contributed by atoms with E-state index in [4.69, 9.17) is 11.6 Å². The van der Waals surface area contributed by atoms with Crippen LogP contribution in [0.15, 0.2) is 54.6 Å². The van der Waals surface area contributed by atoms with Gasteiger partial charge in [0.1, 0.15) is 13.2 Å². The molecular formula is C25H30ClN3O3. The number of carbonyl (C=O) groups excluding carboxylic acids is 3. The number of rotatable bonds is 9. The summed E-state index contributed by atoms with van der Waals surface area (Å²) in [5, 5.41) is 0.585. The van der Waals surface area contributed by atoms with Crippen molar-refractivity contribution in [1.82, 2.24) is 9.80 Å². The first-order chi connectivity index (χ1) is 15.4. The van der Waals surface area contributed by atoms with Crippen LogP contribution in [-0.4, -0.2) is 53.8 Å². The SMILES string of the molecule is CCCCN(CC(=O)N1CC(=O)N(c2ccc(Cl)cc2)C1)C(=O)C(CC)c1ccccc1. The van der Waals surface area contributed by atoms with Crippen molar-refractivity contribution in [1.29, 1.82) is 0 Å². The molecule has 32 heavy (non-hydrogen) atoms. The molecule has 1 saturated heterocycles. The molecule has 1 fully saturated rings. The van der Waals surface area contributed by atoms with Gasteiger partial charge >= 0.3 is 0 Å². The van der Waals surface area contributed by atoms with Crippen molar-refractivity contribution in [2.45, 2.75) is 39.0 Å². The number of benzene rings is 2. The predicted octanol–water partition coefficient (Wildman–Crippen LogP) is 4.30. The number of nitrogens with zero attached hydrogens (tertiary/aromatic N) is 3. The van der Waals surface area contributed by atoms with Gasteiger partial charge in [-0.05, 0) is 42.7 Å². The average molecular weight is 456 g/mol. The molecule has 7 heteroatoms. The molecular weight excluding hydrogens is 426 g/mol. The van der Waals surface area contributed by atoms with Gasteiger partial charge in [-0.25, -0.2) is 0 Å². The van der Waals surface area contributed by atoms with Crippen molar-refractivity contribution in [2.24, 2.45) is 0 Å². The van der Waals surface area contributed by atoms with Crippen molar-refractivity contribution in [3.8, 4) is 0 Å². The van der Waals surface area contributed by atoms with Gasteiger partial charge in [-0.2, -0.15) is 0 Å². The second-order valence-corrected chi connectivity index (χ2v) is 8.45. The van der Waals surface area contributed by atoms with E-state index in [1.807, 2.05) is 37.3 Å². The number of anilines is 1. The number of hydrogen-bond acceptors (Lipinski definition) is 3. The van der Waals surface area contributed by atoms with Crippen LogP contribution in [0.2, 0.25) is 5.02 Å². The van der Waals surface area contributed by atoms with Gasteiger partial charge in [0.05, 0.1) is 12.5 Å². The van der Waals surface area contributed by atoms with Crippen LogP contribution in [0.25, 0.3) is 0 Å². The van der Waals surface area contributed by atoms with Gasteiger partial charge < -0.3 is 9.80 Å². The summed E-state index contributed by atoms with van der Waals surface area (Å²) in [6, 6.07) is 16.6. The molecule has 1 heterocycles. The van der Waals surface area contributed by atoms with E-state index >= 15 is 0 Å². The smallest absolute Gasteiger partial charge is 0.248 e. The lowest BCUT2D eigenvalue weighted by Crippen LogP contribution is -2.44. The summed E-state index contributed by atoms with van der Waals surface area (Å²) in [5.41, 5.74) is 1.66. The van der Waals surface area contributed by atoms with Crippen molar-refractivity contribution in [2.75, 3.05) is 31.2 Å². The summed E-state index contributed by atoms with van der Waals surface area (Å²) in [7, 11) is 0. The van der Waals surface area contributed by atoms with E-state index in [1.165, 1.54) is 4.90 Å². The molecule has 2 aromatic rings. The van der Waals surface area contributed by atoms with E-state index in [0.717, 1.165) is 18.4 Å². The highest BCUT2D eigenvalue weighted by atomic mass is 35.5. The fraction of sp³-hybridized carbons (Fsp3) is 0.400. The summed E-state index contributed by atoms with van der Waals surface area (Å²) in [6.45, 7) is 4.72. The summed E-state index contributed by atoms with van der Waals surface area (Å²) in [4.78, 5) is 43.7. The third kappa shape index (κ3) is 5.68. The fourth-order valence-electron chi connectivity index (χ4n) is 3.90. The molecule has 0 radical (unpaired) electrons. The number of unbranched alkanes of at least 4 members (excludes halogenated alkanes) is 1. The molecule has 170 valence electrons. The monoisotopic (exact) mass is 455 g/mol. The molecule has 0 aromatic heterocycles. The van der Waals surface area contributed by atoms with E-state index in [9.17, 15) is 14.4 Å². The zero-order chi connectivity index (χ0) is 23.1. The maximum atomic E-state index is 13.4. The van der Waals surface area contributed by atoms with Crippen LogP contribution in [0, 0.1) is 0 Å². The maximum Gasteiger partial charge on any atom is 0.248 e. The van der Waals surface area contributed by atoms with E-state index in [2.05, 4.69) is 6.92 Å². The lowest BCUT2D eigenvalue weighted by Gasteiger charge is -2.28. The Kier molecular flexibility index (Phi) is 8.28. The highest BCUT2D eigenvalue weighted by Crippen LogP contribution is 2.24. The van der Waals surface area contributed by atoms with Gasteiger partial charge in [0, 0.05) is 17.3 Å². The Morgan fingerprint density at radius 2 is 1.75 bits per heavy atom. The normalized spacial score (nSPS) is 14.5. The summed E-state index contributed by atoms with van der Waals surface area (Å²) < 4.78 is 0. The van der Waals surface area contributed by atoms with Crippen LogP contribution in [0.4, 0.5) is 5.69 Å². The molecule has 3 amide bonds. The maximum absolute atomic E-state index is 13.4. The highest BCUT2D eigenvalue weighted by molar-refractivity contribution is 6.30. The van der Waals surface area contributed by atoms with E-state index in [1.54, 1.807) is 34.1 Å². The zero-order valence-corrected chi connectivity index (χ0v) is 19.4. The minimum absolute atomic E-state index is 0.00710. The van der Waals surface area contributed by atoms with E-state index in [0.29, 0.717) is 23.7 Å². The van der Waals surface area contributed by atoms with Crippen LogP contribution >= 0.6 is 11.6 Å². The summed E-state index contributed by atoms with van der Waals surface area (Å²) >= 11 is 5.94. The summed E-state index contributed by atoms with van der Waals surface area (Å²) in [6.07, 6.45) is 2.40. The van der Waals surface area contributed by atoms with Gasteiger partial charge in [0.15, 0.2) is 0 Å². The first-order valence-electron chi connectivity index (χ1n) is 11.1. The Morgan fingerprint density at radius 3 is 2.38 bits per heavy atom. The predicted molar refractivity (Wildman–Crippen MR) is 126 cm³/mol. The average Bonchev–Trinajstić information content (AvgIpc) is 3.20. The Hall–Kier alpha value is -2.86. The zero-order valence-electron chi connectivity index (χ0n) is 18.7. The van der Waals surface area contributed by atoms with Crippen molar-refractivity contribution < 1.29 is 14.4 Å². The molecule has 0 aliphatic carbocycles. The quantitative estimate of drug-likeness (QED) is 0.566. The minimum Gasteiger partial charge on any atom is -0.333 e. The fourth-order valence-corrected chi connectivity index (χ4v) is 4.03. The topological polar surface area (TPSA) is 60.9 Å². The number of carbonyl (C=O) groups is 3. The van der Waals surface area contributed by atoms with Gasteiger partial charge in [-0.3, -0.25) is 19.3 Å². The molecule has 6 nitrogen and oxygen atoms in total. The van der Waals surface area contributed by atoms with Gasteiger partial charge in [-0.15, -0.1) is 0 Å². The lowest BCUT2D eigenvalue weighted by atomic mass is 9.95. The number of amides is 3. The number of halogens is 1. The molecule has 1 atom stereocenters. The van der Waals surface area contributed by atoms with Crippen LogP contribution < -0.4 is 4.90 Å². The second kappa shape index (κ2) is 11.1. The standard InChI is InChI=1S/C25H30ClN3O3/c1-3-5-15-27(25(32)22(4-2)19-9-7-6-8-10-19)16-23(30)28-17-24(31)29(18-28)21-13-11-20(26)12-14-21/h6-14,22H,3-5,15-18H2,1-2H3. The lowest BCUT2D eigenvalue weighted by molar-refractivity contribution is -0.141. The summed E-state index contributed by atoms with van der Waals surface area (Å²) in [5.74, 6) is -0.697. The Bertz CT molecular complexity index is 933. The van der Waals surface area contributed by atoms with Crippen LogP contribution in [0.1, 0.15) is 44.6 Å². The molecule has 2 aromatic carbocycles. The Balaban J connectivity index is 1.71. The third-order valence-corrected chi connectivity index (χ3v) is 6.01. The minimum atomic E-state index is -0.286. The van der Waals surface area contributed by atoms with E-state index in [-0.39, 0.29) is 43.4 Å². The number of hydrogen-bond donors (Lipinski definition) is 0. The van der Waals surface area contributed by atoms with Crippen molar-refractivity contribution in [3.05, 3.63) is 65.2 Å². The first kappa shape index (κ1) is 23.8.